The Morgan fingerprint density at radius 3 is 2.73 bits per heavy atom. The number of nitrogens with one attached hydrogen (secondary N) is 2. The lowest BCUT2D eigenvalue weighted by molar-refractivity contribution is 0.514. The summed E-state index contributed by atoms with van der Waals surface area (Å²) in [5.74, 6) is 0.526. The van der Waals surface area contributed by atoms with Gasteiger partial charge in [-0.25, -0.2) is 0 Å². The van der Waals surface area contributed by atoms with E-state index < -0.39 is 0 Å². The summed E-state index contributed by atoms with van der Waals surface area (Å²) in [6.07, 6.45) is 2.41. The van der Waals surface area contributed by atoms with Gasteiger partial charge >= 0.3 is 0 Å². The van der Waals surface area contributed by atoms with E-state index in [1.807, 2.05) is 12.1 Å². The van der Waals surface area contributed by atoms with Gasteiger partial charge in [0.05, 0.1) is 0 Å². The average Bonchev–Trinajstić information content (AvgIpc) is 2.70. The third kappa shape index (κ3) is 2.49. The van der Waals surface area contributed by atoms with Crippen molar-refractivity contribution in [2.24, 2.45) is 0 Å². The highest BCUT2D eigenvalue weighted by molar-refractivity contribution is 5.91. The van der Waals surface area contributed by atoms with Crippen LogP contribution in [0.1, 0.15) is 18.4 Å². The van der Waals surface area contributed by atoms with Crippen molar-refractivity contribution in [3.8, 4) is 0 Å². The number of hydrogen-bond donors (Lipinski definition) is 2. The Morgan fingerprint density at radius 2 is 2.07 bits per heavy atom. The second-order valence-corrected chi connectivity index (χ2v) is 4.04. The van der Waals surface area contributed by atoms with Crippen molar-refractivity contribution in [1.82, 2.24) is 4.90 Å². The first kappa shape index (κ1) is 10.0. The molecule has 2 rings (SSSR count). The molecule has 15 heavy (non-hydrogen) atoms. The number of hydrogen-bond acceptors (Lipinski definition) is 1. The normalized spacial score (nSPS) is 15.4. The van der Waals surface area contributed by atoms with Crippen LogP contribution >= 0.6 is 0 Å². The van der Waals surface area contributed by atoms with Crippen LogP contribution < -0.4 is 5.32 Å². The summed E-state index contributed by atoms with van der Waals surface area (Å²) in [5, 5.41) is 11.0. The summed E-state index contributed by atoms with van der Waals surface area (Å²) in [7, 11) is 0. The summed E-state index contributed by atoms with van der Waals surface area (Å²) in [4.78, 5) is 2.09. The molecule has 1 aliphatic rings. The van der Waals surface area contributed by atoms with Gasteiger partial charge in [-0.2, -0.15) is 0 Å². The largest absolute Gasteiger partial charge is 0.343 e. The molecule has 1 heterocycles. The van der Waals surface area contributed by atoms with Gasteiger partial charge in [0, 0.05) is 18.8 Å². The maximum absolute atomic E-state index is 7.91. The van der Waals surface area contributed by atoms with Crippen LogP contribution in [-0.4, -0.2) is 23.9 Å². The Hall–Kier alpha value is -1.51. The van der Waals surface area contributed by atoms with Crippen LogP contribution in [0.5, 0.6) is 0 Å². The molecule has 0 bridgehead atoms. The minimum Gasteiger partial charge on any atom is -0.343 e. The number of anilines is 1. The smallest absolute Gasteiger partial charge is 0.195 e. The first-order valence-electron chi connectivity index (χ1n) is 5.43. The summed E-state index contributed by atoms with van der Waals surface area (Å²) in [6, 6.07) is 8.13. The van der Waals surface area contributed by atoms with Crippen molar-refractivity contribution in [3.05, 3.63) is 29.8 Å². The van der Waals surface area contributed by atoms with E-state index in [4.69, 9.17) is 5.41 Å². The quantitative estimate of drug-likeness (QED) is 0.543. The van der Waals surface area contributed by atoms with Gasteiger partial charge < -0.3 is 10.2 Å². The van der Waals surface area contributed by atoms with Gasteiger partial charge in [0.2, 0.25) is 0 Å². The van der Waals surface area contributed by atoms with E-state index >= 15 is 0 Å². The van der Waals surface area contributed by atoms with Gasteiger partial charge in [-0.1, -0.05) is 12.1 Å². The highest BCUT2D eigenvalue weighted by Crippen LogP contribution is 2.12. The summed E-state index contributed by atoms with van der Waals surface area (Å²) < 4.78 is 0. The molecule has 0 saturated carbocycles. The van der Waals surface area contributed by atoms with Gasteiger partial charge in [0.25, 0.3) is 0 Å². The van der Waals surface area contributed by atoms with Crippen LogP contribution in [0.15, 0.2) is 24.3 Å². The third-order valence-electron chi connectivity index (χ3n) is 2.70. The van der Waals surface area contributed by atoms with Gasteiger partial charge in [-0.15, -0.1) is 0 Å². The van der Waals surface area contributed by atoms with Crippen LogP contribution in [0.4, 0.5) is 5.69 Å². The molecule has 1 saturated heterocycles. The fourth-order valence-electron chi connectivity index (χ4n) is 1.88. The van der Waals surface area contributed by atoms with E-state index in [0.29, 0.717) is 5.96 Å². The number of benzene rings is 1. The van der Waals surface area contributed by atoms with Crippen LogP contribution in [0.3, 0.4) is 0 Å². The number of nitrogens with zero attached hydrogens (tertiary/aromatic N) is 1. The zero-order valence-electron chi connectivity index (χ0n) is 9.09. The molecule has 1 fully saturated rings. The van der Waals surface area contributed by atoms with Crippen LogP contribution in [0.2, 0.25) is 0 Å². The number of rotatable bonds is 1. The van der Waals surface area contributed by atoms with Crippen molar-refractivity contribution >= 4 is 11.6 Å². The second kappa shape index (κ2) is 4.34. The Morgan fingerprint density at radius 1 is 1.33 bits per heavy atom. The van der Waals surface area contributed by atoms with Gasteiger partial charge in [0.15, 0.2) is 5.96 Å². The minimum atomic E-state index is 0.526. The number of guanidine groups is 1. The Balaban J connectivity index is 1.99. The molecule has 1 aliphatic heterocycles. The molecule has 3 nitrogen and oxygen atoms in total. The van der Waals surface area contributed by atoms with E-state index in [2.05, 4.69) is 29.3 Å². The number of aryl methyl sites for hydroxylation is 1. The molecular formula is C12H17N3. The first-order valence-corrected chi connectivity index (χ1v) is 5.43. The lowest BCUT2D eigenvalue weighted by Crippen LogP contribution is -2.32. The SMILES string of the molecule is Cc1cccc(NC(=N)N2CCCC2)c1. The van der Waals surface area contributed by atoms with E-state index in [9.17, 15) is 0 Å². The van der Waals surface area contributed by atoms with E-state index in [1.54, 1.807) is 0 Å². The Labute approximate surface area is 90.6 Å². The molecule has 0 amide bonds. The highest BCUT2D eigenvalue weighted by Gasteiger charge is 2.14. The van der Waals surface area contributed by atoms with Crippen molar-refractivity contribution < 1.29 is 0 Å². The van der Waals surface area contributed by atoms with E-state index in [0.717, 1.165) is 18.8 Å². The standard InChI is InChI=1S/C12H17N3/c1-10-5-4-6-11(9-10)14-12(13)15-7-2-3-8-15/h4-6,9H,2-3,7-8H2,1H3,(H2,13,14). The van der Waals surface area contributed by atoms with Gasteiger partial charge in [-0.3, -0.25) is 5.41 Å². The fourth-order valence-corrected chi connectivity index (χ4v) is 1.88. The van der Waals surface area contributed by atoms with Crippen LogP contribution in [0.25, 0.3) is 0 Å². The molecule has 0 aliphatic carbocycles. The predicted octanol–water partition coefficient (Wildman–Crippen LogP) is 2.44. The average molecular weight is 203 g/mol. The summed E-state index contributed by atoms with van der Waals surface area (Å²) in [6.45, 7) is 4.08. The van der Waals surface area contributed by atoms with Crippen LogP contribution in [-0.2, 0) is 0 Å². The molecule has 1 aromatic carbocycles. The third-order valence-corrected chi connectivity index (χ3v) is 2.70. The molecule has 2 N–H and O–H groups in total. The molecule has 0 unspecified atom stereocenters. The Bertz CT molecular complexity index is 354. The fraction of sp³-hybridized carbons (Fsp3) is 0.417. The zero-order valence-corrected chi connectivity index (χ0v) is 9.09. The first-order chi connectivity index (χ1) is 7.25. The molecule has 0 atom stereocenters. The molecule has 80 valence electrons. The van der Waals surface area contributed by atoms with Crippen molar-refractivity contribution in [1.29, 1.82) is 5.41 Å². The zero-order chi connectivity index (χ0) is 10.7. The van der Waals surface area contributed by atoms with Gasteiger partial charge in [-0.05, 0) is 37.5 Å². The molecule has 0 spiro atoms. The monoisotopic (exact) mass is 203 g/mol. The maximum atomic E-state index is 7.91. The molecule has 1 aromatic rings. The maximum Gasteiger partial charge on any atom is 0.195 e. The lowest BCUT2D eigenvalue weighted by atomic mass is 10.2. The second-order valence-electron chi connectivity index (χ2n) is 4.04. The van der Waals surface area contributed by atoms with Gasteiger partial charge in [0.1, 0.15) is 0 Å². The summed E-state index contributed by atoms with van der Waals surface area (Å²) >= 11 is 0. The van der Waals surface area contributed by atoms with E-state index in [1.165, 1.54) is 18.4 Å². The topological polar surface area (TPSA) is 39.1 Å². The van der Waals surface area contributed by atoms with Crippen LogP contribution in [0, 0.1) is 12.3 Å². The Kier molecular flexibility index (Phi) is 2.90. The predicted molar refractivity (Wildman–Crippen MR) is 63.3 cm³/mol. The van der Waals surface area contributed by atoms with Crippen molar-refractivity contribution in [2.75, 3.05) is 18.4 Å². The minimum absolute atomic E-state index is 0.526. The molecule has 3 heteroatoms. The van der Waals surface area contributed by atoms with Crippen molar-refractivity contribution in [3.63, 3.8) is 0 Å². The summed E-state index contributed by atoms with van der Waals surface area (Å²) in [5.41, 5.74) is 2.22. The number of likely N-dealkylation sites (tertiary alicyclic amines) is 1. The molecular weight excluding hydrogens is 186 g/mol. The van der Waals surface area contributed by atoms with Crippen molar-refractivity contribution in [2.45, 2.75) is 19.8 Å². The molecule has 0 radical (unpaired) electrons. The van der Waals surface area contributed by atoms with E-state index in [-0.39, 0.29) is 0 Å². The molecule has 0 aromatic heterocycles. The highest BCUT2D eigenvalue weighted by atomic mass is 15.3. The lowest BCUT2D eigenvalue weighted by Gasteiger charge is -2.19.